The smallest absolute Gasteiger partial charge is 0.126 e. The third-order valence-corrected chi connectivity index (χ3v) is 3.75. The Morgan fingerprint density at radius 2 is 2.33 bits per heavy atom. The average molecular weight is 273 g/mol. The second-order valence-corrected chi connectivity index (χ2v) is 5.43. The van der Waals surface area contributed by atoms with Crippen molar-refractivity contribution in [1.82, 2.24) is 0 Å². The predicted molar refractivity (Wildman–Crippen MR) is 69.3 cm³/mol. The third-order valence-electron chi connectivity index (χ3n) is 3.51. The topological polar surface area (TPSA) is 29.5 Å². The lowest BCUT2D eigenvalue weighted by molar-refractivity contribution is -0.103. The Hall–Kier alpha value is -0.640. The molecule has 0 aromatic heterocycles. The quantitative estimate of drug-likeness (QED) is 0.914. The van der Waals surface area contributed by atoms with E-state index in [2.05, 4.69) is 0 Å². The molecule has 0 radical (unpaired) electrons. The van der Waals surface area contributed by atoms with Crippen LogP contribution in [0.5, 0.6) is 0 Å². The van der Waals surface area contributed by atoms with Crippen molar-refractivity contribution < 1.29 is 14.2 Å². The highest BCUT2D eigenvalue weighted by atomic mass is 35.5. The Morgan fingerprint density at radius 1 is 1.56 bits per heavy atom. The summed E-state index contributed by atoms with van der Waals surface area (Å²) in [6.45, 7) is 2.55. The summed E-state index contributed by atoms with van der Waals surface area (Å²) in [5, 5.41) is 11.0. The summed E-state index contributed by atoms with van der Waals surface area (Å²) < 4.78 is 19.2. The van der Waals surface area contributed by atoms with Gasteiger partial charge in [-0.1, -0.05) is 18.5 Å². The molecule has 2 nitrogen and oxygen atoms in total. The van der Waals surface area contributed by atoms with Crippen LogP contribution < -0.4 is 0 Å². The van der Waals surface area contributed by atoms with E-state index < -0.39 is 5.60 Å². The summed E-state index contributed by atoms with van der Waals surface area (Å²) in [5.41, 5.74) is -0.411. The third kappa shape index (κ3) is 3.22. The van der Waals surface area contributed by atoms with Crippen LogP contribution in [0.4, 0.5) is 4.39 Å². The summed E-state index contributed by atoms with van der Waals surface area (Å²) in [6.07, 6.45) is 2.30. The van der Waals surface area contributed by atoms with E-state index in [1.54, 1.807) is 6.07 Å². The van der Waals surface area contributed by atoms with Crippen molar-refractivity contribution in [2.24, 2.45) is 0 Å². The van der Waals surface area contributed by atoms with Gasteiger partial charge in [0.1, 0.15) is 5.82 Å². The second-order valence-electron chi connectivity index (χ2n) is 4.99. The lowest BCUT2D eigenvalue weighted by Crippen LogP contribution is -2.42. The second kappa shape index (κ2) is 5.55. The van der Waals surface area contributed by atoms with Crippen molar-refractivity contribution in [3.63, 3.8) is 0 Å². The zero-order valence-corrected chi connectivity index (χ0v) is 11.2. The Balaban J connectivity index is 2.14. The lowest BCUT2D eigenvalue weighted by Gasteiger charge is -2.36. The summed E-state index contributed by atoms with van der Waals surface area (Å²) in [6, 6.07) is 4.45. The van der Waals surface area contributed by atoms with Crippen LogP contribution in [0.15, 0.2) is 18.2 Å². The van der Waals surface area contributed by atoms with Crippen molar-refractivity contribution in [2.75, 3.05) is 6.61 Å². The van der Waals surface area contributed by atoms with Crippen LogP contribution in [0.25, 0.3) is 0 Å². The van der Waals surface area contributed by atoms with Gasteiger partial charge >= 0.3 is 0 Å². The van der Waals surface area contributed by atoms with Crippen molar-refractivity contribution in [1.29, 1.82) is 0 Å². The molecule has 2 rings (SSSR count). The number of halogens is 2. The van der Waals surface area contributed by atoms with Crippen LogP contribution in [0.3, 0.4) is 0 Å². The highest BCUT2D eigenvalue weighted by Gasteiger charge is 2.35. The lowest BCUT2D eigenvalue weighted by atomic mass is 9.84. The van der Waals surface area contributed by atoms with E-state index in [4.69, 9.17) is 16.3 Å². The summed E-state index contributed by atoms with van der Waals surface area (Å²) in [7, 11) is 0. The van der Waals surface area contributed by atoms with Gasteiger partial charge in [0, 0.05) is 24.5 Å². The maximum atomic E-state index is 13.7. The molecule has 2 atom stereocenters. The molecular weight excluding hydrogens is 255 g/mol. The summed E-state index contributed by atoms with van der Waals surface area (Å²) in [4.78, 5) is 0. The number of ether oxygens (including phenoxy) is 1. The predicted octanol–water partition coefficient (Wildman–Crippen LogP) is 3.34. The molecule has 100 valence electrons. The van der Waals surface area contributed by atoms with Crippen LogP contribution >= 0.6 is 11.6 Å². The minimum absolute atomic E-state index is 0.0611. The first-order valence-corrected chi connectivity index (χ1v) is 6.68. The van der Waals surface area contributed by atoms with E-state index in [-0.39, 0.29) is 11.9 Å². The first kappa shape index (κ1) is 13.8. The molecule has 1 aromatic rings. The van der Waals surface area contributed by atoms with Gasteiger partial charge in [-0.15, -0.1) is 0 Å². The number of hydrogen-bond acceptors (Lipinski definition) is 2. The minimum atomic E-state index is -0.884. The Morgan fingerprint density at radius 3 is 3.06 bits per heavy atom. The van der Waals surface area contributed by atoms with Crippen molar-refractivity contribution in [3.05, 3.63) is 34.6 Å². The van der Waals surface area contributed by atoms with Crippen LogP contribution in [-0.2, 0) is 11.2 Å². The SMILES string of the molecule is CCC1CC(O)(Cc2cc(Cl)ccc2F)CCO1. The number of rotatable bonds is 3. The largest absolute Gasteiger partial charge is 0.389 e. The van der Waals surface area contributed by atoms with Gasteiger partial charge in [-0.2, -0.15) is 0 Å². The molecule has 0 spiro atoms. The molecule has 1 N–H and O–H groups in total. The molecule has 1 aromatic carbocycles. The van der Waals surface area contributed by atoms with Crippen LogP contribution in [-0.4, -0.2) is 23.4 Å². The molecule has 0 bridgehead atoms. The molecule has 2 unspecified atom stereocenters. The summed E-state index contributed by atoms with van der Waals surface area (Å²) in [5.74, 6) is -0.313. The van der Waals surface area contributed by atoms with Gasteiger partial charge in [0.15, 0.2) is 0 Å². The van der Waals surface area contributed by atoms with Gasteiger partial charge in [-0.3, -0.25) is 0 Å². The molecule has 0 aliphatic carbocycles. The molecule has 4 heteroatoms. The zero-order chi connectivity index (χ0) is 13.2. The normalized spacial score (nSPS) is 28.3. The molecule has 18 heavy (non-hydrogen) atoms. The van der Waals surface area contributed by atoms with Crippen molar-refractivity contribution in [3.8, 4) is 0 Å². The molecular formula is C14H18ClFO2. The standard InChI is InChI=1S/C14H18ClFO2/c1-2-12-9-14(17,5-6-18-12)8-10-7-11(15)3-4-13(10)16/h3-4,7,12,17H,2,5-6,8-9H2,1H3. The number of benzene rings is 1. The Labute approximate surface area is 112 Å². The molecule has 1 heterocycles. The van der Waals surface area contributed by atoms with E-state index in [9.17, 15) is 9.50 Å². The van der Waals surface area contributed by atoms with E-state index in [1.807, 2.05) is 6.92 Å². The van der Waals surface area contributed by atoms with Crippen LogP contribution in [0.2, 0.25) is 5.02 Å². The van der Waals surface area contributed by atoms with E-state index in [0.717, 1.165) is 6.42 Å². The fraction of sp³-hybridized carbons (Fsp3) is 0.571. The van der Waals surface area contributed by atoms with Crippen LogP contribution in [0.1, 0.15) is 31.7 Å². The van der Waals surface area contributed by atoms with Gasteiger partial charge < -0.3 is 9.84 Å². The number of hydrogen-bond donors (Lipinski definition) is 1. The minimum Gasteiger partial charge on any atom is -0.389 e. The number of aliphatic hydroxyl groups is 1. The van der Waals surface area contributed by atoms with Gasteiger partial charge in [-0.05, 0) is 36.6 Å². The highest BCUT2D eigenvalue weighted by molar-refractivity contribution is 6.30. The molecule has 0 amide bonds. The fourth-order valence-corrected chi connectivity index (χ4v) is 2.65. The Kier molecular flexibility index (Phi) is 4.25. The first-order chi connectivity index (χ1) is 8.52. The van der Waals surface area contributed by atoms with Crippen molar-refractivity contribution in [2.45, 2.75) is 44.3 Å². The first-order valence-electron chi connectivity index (χ1n) is 6.30. The van der Waals surface area contributed by atoms with E-state index in [0.29, 0.717) is 36.5 Å². The average Bonchev–Trinajstić information content (AvgIpc) is 2.33. The van der Waals surface area contributed by atoms with Gasteiger partial charge in [0.05, 0.1) is 11.7 Å². The monoisotopic (exact) mass is 272 g/mol. The van der Waals surface area contributed by atoms with Gasteiger partial charge in [-0.25, -0.2) is 4.39 Å². The zero-order valence-electron chi connectivity index (χ0n) is 10.5. The fourth-order valence-electron chi connectivity index (χ4n) is 2.46. The van der Waals surface area contributed by atoms with Crippen LogP contribution in [0, 0.1) is 5.82 Å². The summed E-state index contributed by atoms with van der Waals surface area (Å²) >= 11 is 5.86. The van der Waals surface area contributed by atoms with Gasteiger partial charge in [0.2, 0.25) is 0 Å². The molecule has 1 fully saturated rings. The maximum absolute atomic E-state index is 13.7. The molecule has 1 aliphatic heterocycles. The molecule has 1 saturated heterocycles. The maximum Gasteiger partial charge on any atom is 0.126 e. The van der Waals surface area contributed by atoms with Crippen molar-refractivity contribution >= 4 is 11.6 Å². The molecule has 0 saturated carbocycles. The van der Waals surface area contributed by atoms with Gasteiger partial charge in [0.25, 0.3) is 0 Å². The molecule has 1 aliphatic rings. The Bertz CT molecular complexity index is 424. The van der Waals surface area contributed by atoms with E-state index in [1.165, 1.54) is 12.1 Å². The highest BCUT2D eigenvalue weighted by Crippen LogP contribution is 2.31. The van der Waals surface area contributed by atoms with E-state index >= 15 is 0 Å².